The van der Waals surface area contributed by atoms with Crippen LogP contribution >= 0.6 is 15.9 Å². The molecule has 0 aliphatic carbocycles. The first kappa shape index (κ1) is 14.7. The SMILES string of the molecule is CCCOc1cc(N)cc(NCc2ccccc2Br)c1. The first-order valence-corrected chi connectivity index (χ1v) is 7.49. The molecule has 3 N–H and O–H groups in total. The van der Waals surface area contributed by atoms with E-state index in [1.807, 2.05) is 36.4 Å². The zero-order chi connectivity index (χ0) is 14.4. The molecule has 0 saturated carbocycles. The summed E-state index contributed by atoms with van der Waals surface area (Å²) in [6, 6.07) is 13.9. The van der Waals surface area contributed by atoms with Gasteiger partial charge in [-0.2, -0.15) is 0 Å². The van der Waals surface area contributed by atoms with E-state index in [1.165, 1.54) is 5.56 Å². The second-order valence-electron chi connectivity index (χ2n) is 4.58. The maximum absolute atomic E-state index is 5.90. The number of nitrogen functional groups attached to an aromatic ring is 1. The molecule has 0 fully saturated rings. The molecule has 106 valence electrons. The van der Waals surface area contributed by atoms with Gasteiger partial charge in [-0.3, -0.25) is 0 Å². The van der Waals surface area contributed by atoms with Gasteiger partial charge in [-0.15, -0.1) is 0 Å². The van der Waals surface area contributed by atoms with Crippen molar-refractivity contribution in [3.8, 4) is 5.75 Å². The average molecular weight is 335 g/mol. The van der Waals surface area contributed by atoms with Gasteiger partial charge < -0.3 is 15.8 Å². The van der Waals surface area contributed by atoms with Crippen molar-refractivity contribution in [2.24, 2.45) is 0 Å². The van der Waals surface area contributed by atoms with Gasteiger partial charge in [0.1, 0.15) is 5.75 Å². The van der Waals surface area contributed by atoms with Crippen LogP contribution in [0.3, 0.4) is 0 Å². The van der Waals surface area contributed by atoms with E-state index in [0.717, 1.165) is 28.9 Å². The Morgan fingerprint density at radius 3 is 2.75 bits per heavy atom. The van der Waals surface area contributed by atoms with Gasteiger partial charge in [0, 0.05) is 34.5 Å². The summed E-state index contributed by atoms with van der Waals surface area (Å²) < 4.78 is 6.72. The molecule has 0 heterocycles. The summed E-state index contributed by atoms with van der Waals surface area (Å²) in [5.74, 6) is 0.807. The third-order valence-electron chi connectivity index (χ3n) is 2.84. The summed E-state index contributed by atoms with van der Waals surface area (Å²) in [6.07, 6.45) is 0.981. The molecule has 0 atom stereocenters. The summed E-state index contributed by atoms with van der Waals surface area (Å²) >= 11 is 3.54. The highest BCUT2D eigenvalue weighted by Crippen LogP contribution is 2.24. The number of hydrogen-bond acceptors (Lipinski definition) is 3. The standard InChI is InChI=1S/C16H19BrN2O/c1-2-7-20-15-9-13(18)8-14(10-15)19-11-12-5-3-4-6-16(12)17/h3-6,8-10,19H,2,7,11,18H2,1H3. The van der Waals surface area contributed by atoms with Crippen molar-refractivity contribution in [1.82, 2.24) is 0 Å². The Labute approximate surface area is 128 Å². The van der Waals surface area contributed by atoms with Gasteiger partial charge in [-0.05, 0) is 24.1 Å². The van der Waals surface area contributed by atoms with E-state index in [2.05, 4.69) is 34.2 Å². The van der Waals surface area contributed by atoms with E-state index in [4.69, 9.17) is 10.5 Å². The number of ether oxygens (including phenoxy) is 1. The predicted molar refractivity (Wildman–Crippen MR) is 88.1 cm³/mol. The molecule has 20 heavy (non-hydrogen) atoms. The molecule has 4 heteroatoms. The molecule has 0 aromatic heterocycles. The number of hydrogen-bond donors (Lipinski definition) is 2. The zero-order valence-corrected chi connectivity index (χ0v) is 13.1. The second kappa shape index (κ2) is 7.20. The highest BCUT2D eigenvalue weighted by Gasteiger charge is 2.02. The fourth-order valence-corrected chi connectivity index (χ4v) is 2.29. The van der Waals surface area contributed by atoms with Gasteiger partial charge in [-0.1, -0.05) is 41.1 Å². The Bertz CT molecular complexity index is 572. The minimum Gasteiger partial charge on any atom is -0.493 e. The van der Waals surface area contributed by atoms with E-state index in [9.17, 15) is 0 Å². The van der Waals surface area contributed by atoms with Crippen molar-refractivity contribution in [2.75, 3.05) is 17.7 Å². The summed E-state index contributed by atoms with van der Waals surface area (Å²) in [5, 5.41) is 3.37. The molecule has 2 aromatic carbocycles. The Balaban J connectivity index is 2.05. The monoisotopic (exact) mass is 334 g/mol. The quantitative estimate of drug-likeness (QED) is 0.768. The lowest BCUT2D eigenvalue weighted by Gasteiger charge is -2.11. The first-order chi connectivity index (χ1) is 9.69. The van der Waals surface area contributed by atoms with Crippen molar-refractivity contribution < 1.29 is 4.74 Å². The van der Waals surface area contributed by atoms with Crippen molar-refractivity contribution in [3.63, 3.8) is 0 Å². The summed E-state index contributed by atoms with van der Waals surface area (Å²) in [7, 11) is 0. The number of halogens is 1. The molecule has 0 unspecified atom stereocenters. The minimum atomic E-state index is 0.702. The summed E-state index contributed by atoms with van der Waals surface area (Å²) in [5.41, 5.74) is 8.77. The topological polar surface area (TPSA) is 47.3 Å². The Kier molecular flexibility index (Phi) is 5.30. The molecule has 0 spiro atoms. The number of nitrogens with two attached hydrogens (primary N) is 1. The van der Waals surface area contributed by atoms with Gasteiger partial charge in [0.15, 0.2) is 0 Å². The lowest BCUT2D eigenvalue weighted by Crippen LogP contribution is -2.02. The van der Waals surface area contributed by atoms with Crippen LogP contribution in [0.1, 0.15) is 18.9 Å². The van der Waals surface area contributed by atoms with Crippen molar-refractivity contribution in [2.45, 2.75) is 19.9 Å². The minimum absolute atomic E-state index is 0.702. The molecular formula is C16H19BrN2O. The number of benzene rings is 2. The van der Waals surface area contributed by atoms with Gasteiger partial charge in [-0.25, -0.2) is 0 Å². The number of rotatable bonds is 6. The molecule has 2 rings (SSSR count). The van der Waals surface area contributed by atoms with E-state index in [1.54, 1.807) is 0 Å². The maximum atomic E-state index is 5.90. The fourth-order valence-electron chi connectivity index (χ4n) is 1.87. The normalized spacial score (nSPS) is 10.3. The summed E-state index contributed by atoms with van der Waals surface area (Å²) in [6.45, 7) is 3.52. The lowest BCUT2D eigenvalue weighted by atomic mass is 10.2. The van der Waals surface area contributed by atoms with Crippen LogP contribution in [0.15, 0.2) is 46.9 Å². The summed E-state index contributed by atoms with van der Waals surface area (Å²) in [4.78, 5) is 0. The molecule has 0 saturated heterocycles. The van der Waals surface area contributed by atoms with Gasteiger partial charge in [0.25, 0.3) is 0 Å². The smallest absolute Gasteiger partial charge is 0.123 e. The molecule has 0 aliphatic rings. The van der Waals surface area contributed by atoms with Crippen LogP contribution in [0.25, 0.3) is 0 Å². The Hall–Kier alpha value is -1.68. The van der Waals surface area contributed by atoms with Crippen LogP contribution in [0.5, 0.6) is 5.75 Å². The van der Waals surface area contributed by atoms with Crippen LogP contribution in [-0.2, 0) is 6.54 Å². The first-order valence-electron chi connectivity index (χ1n) is 6.69. The fraction of sp³-hybridized carbons (Fsp3) is 0.250. The van der Waals surface area contributed by atoms with E-state index in [0.29, 0.717) is 12.3 Å². The third kappa shape index (κ3) is 4.17. The van der Waals surface area contributed by atoms with Crippen LogP contribution in [0.2, 0.25) is 0 Å². The third-order valence-corrected chi connectivity index (χ3v) is 3.62. The van der Waals surface area contributed by atoms with Crippen LogP contribution < -0.4 is 15.8 Å². The van der Waals surface area contributed by atoms with Gasteiger partial charge in [0.2, 0.25) is 0 Å². The second-order valence-corrected chi connectivity index (χ2v) is 5.44. The zero-order valence-electron chi connectivity index (χ0n) is 11.5. The molecule has 3 nitrogen and oxygen atoms in total. The predicted octanol–water partition coefficient (Wildman–Crippen LogP) is 4.43. The van der Waals surface area contributed by atoms with Crippen LogP contribution in [0.4, 0.5) is 11.4 Å². The van der Waals surface area contributed by atoms with E-state index < -0.39 is 0 Å². The molecular weight excluding hydrogens is 316 g/mol. The van der Waals surface area contributed by atoms with Gasteiger partial charge >= 0.3 is 0 Å². The Morgan fingerprint density at radius 1 is 1.20 bits per heavy atom. The maximum Gasteiger partial charge on any atom is 0.123 e. The van der Waals surface area contributed by atoms with Crippen molar-refractivity contribution in [3.05, 3.63) is 52.5 Å². The average Bonchev–Trinajstić information content (AvgIpc) is 2.44. The molecule has 2 aromatic rings. The van der Waals surface area contributed by atoms with Crippen LogP contribution in [0, 0.1) is 0 Å². The number of anilines is 2. The van der Waals surface area contributed by atoms with Gasteiger partial charge in [0.05, 0.1) is 6.61 Å². The van der Waals surface area contributed by atoms with Crippen molar-refractivity contribution in [1.29, 1.82) is 0 Å². The van der Waals surface area contributed by atoms with E-state index in [-0.39, 0.29) is 0 Å². The molecule has 0 aliphatic heterocycles. The molecule has 0 amide bonds. The van der Waals surface area contributed by atoms with Crippen molar-refractivity contribution >= 4 is 27.3 Å². The lowest BCUT2D eigenvalue weighted by molar-refractivity contribution is 0.318. The highest BCUT2D eigenvalue weighted by atomic mass is 79.9. The highest BCUT2D eigenvalue weighted by molar-refractivity contribution is 9.10. The number of nitrogens with one attached hydrogen (secondary N) is 1. The Morgan fingerprint density at radius 2 is 2.00 bits per heavy atom. The van der Waals surface area contributed by atoms with Crippen LogP contribution in [-0.4, -0.2) is 6.61 Å². The van der Waals surface area contributed by atoms with E-state index >= 15 is 0 Å². The largest absolute Gasteiger partial charge is 0.493 e. The molecule has 0 bridgehead atoms. The molecule has 0 radical (unpaired) electrons.